The zero-order chi connectivity index (χ0) is 17.9. The molecule has 0 aliphatic carbocycles. The zero-order valence-electron chi connectivity index (χ0n) is 16.1. The summed E-state index contributed by atoms with van der Waals surface area (Å²) in [6.45, 7) is 10.1. The Hall–Kier alpha value is -0.510. The molecule has 1 atom stereocenters. The van der Waals surface area contributed by atoms with E-state index in [1.54, 1.807) is 0 Å². The van der Waals surface area contributed by atoms with Crippen molar-refractivity contribution in [1.29, 1.82) is 0 Å². The summed E-state index contributed by atoms with van der Waals surface area (Å²) in [7, 11) is 1.83. The van der Waals surface area contributed by atoms with Crippen LogP contribution in [-0.2, 0) is 4.74 Å². The molecule has 2 N–H and O–H groups in total. The molecule has 1 aliphatic heterocycles. The lowest BCUT2D eigenvalue weighted by molar-refractivity contribution is 0.00752. The van der Waals surface area contributed by atoms with Gasteiger partial charge in [-0.15, -0.1) is 35.7 Å². The molecule has 2 rings (SSSR count). The highest BCUT2D eigenvalue weighted by Crippen LogP contribution is 2.15. The van der Waals surface area contributed by atoms with Crippen molar-refractivity contribution in [3.05, 3.63) is 30.3 Å². The number of hydrogen-bond acceptors (Lipinski definition) is 4. The number of nitrogens with one attached hydrogen (secondary N) is 2. The Morgan fingerprint density at radius 2 is 1.88 bits per heavy atom. The molecule has 1 saturated heterocycles. The molecule has 1 aromatic rings. The van der Waals surface area contributed by atoms with Crippen LogP contribution in [0.1, 0.15) is 13.8 Å². The van der Waals surface area contributed by atoms with E-state index in [0.29, 0.717) is 12.0 Å². The van der Waals surface area contributed by atoms with E-state index >= 15 is 0 Å². The summed E-state index contributed by atoms with van der Waals surface area (Å²) < 4.78 is 5.48. The normalized spacial score (nSPS) is 16.8. The van der Waals surface area contributed by atoms with Crippen LogP contribution >= 0.6 is 35.7 Å². The lowest BCUT2D eigenvalue weighted by Gasteiger charge is -2.37. The first kappa shape index (κ1) is 23.5. The second kappa shape index (κ2) is 13.6. The van der Waals surface area contributed by atoms with Crippen LogP contribution in [0, 0.1) is 5.92 Å². The van der Waals surface area contributed by atoms with Crippen molar-refractivity contribution >= 4 is 41.7 Å². The van der Waals surface area contributed by atoms with Gasteiger partial charge in [-0.2, -0.15) is 0 Å². The van der Waals surface area contributed by atoms with Crippen molar-refractivity contribution in [2.45, 2.75) is 24.8 Å². The Morgan fingerprint density at radius 1 is 1.19 bits per heavy atom. The summed E-state index contributed by atoms with van der Waals surface area (Å²) in [6, 6.07) is 11.0. The van der Waals surface area contributed by atoms with Crippen molar-refractivity contribution in [2.24, 2.45) is 10.9 Å². The highest BCUT2D eigenvalue weighted by molar-refractivity contribution is 14.0. The Balaban J connectivity index is 0.00000338. The molecule has 148 valence electrons. The van der Waals surface area contributed by atoms with Crippen molar-refractivity contribution < 1.29 is 4.74 Å². The summed E-state index contributed by atoms with van der Waals surface area (Å²) in [4.78, 5) is 8.18. The molecule has 1 heterocycles. The first-order valence-corrected chi connectivity index (χ1v) is 10.1. The van der Waals surface area contributed by atoms with Crippen molar-refractivity contribution in [1.82, 2.24) is 15.5 Å². The SMILES string of the molecule is CN=C(NCCSc1ccccc1)NCC(C(C)C)N1CCOCC1.I. The van der Waals surface area contributed by atoms with E-state index < -0.39 is 0 Å². The third-order valence-corrected chi connectivity index (χ3v) is 5.41. The number of benzene rings is 1. The molecule has 1 fully saturated rings. The number of guanidine groups is 1. The molecule has 26 heavy (non-hydrogen) atoms. The molecule has 5 nitrogen and oxygen atoms in total. The van der Waals surface area contributed by atoms with Crippen LogP contribution < -0.4 is 10.6 Å². The highest BCUT2D eigenvalue weighted by atomic mass is 127. The predicted octanol–water partition coefficient (Wildman–Crippen LogP) is 2.92. The van der Waals surface area contributed by atoms with Gasteiger partial charge in [0.25, 0.3) is 0 Å². The van der Waals surface area contributed by atoms with Gasteiger partial charge in [0.1, 0.15) is 0 Å². The quantitative estimate of drug-likeness (QED) is 0.192. The molecule has 1 aromatic carbocycles. The summed E-state index contributed by atoms with van der Waals surface area (Å²) in [5, 5.41) is 6.91. The standard InChI is InChI=1S/C19H32N4OS.HI/c1-16(2)18(23-10-12-24-13-11-23)15-22-19(20-3)21-9-14-25-17-7-5-4-6-8-17;/h4-8,16,18H,9-15H2,1-3H3,(H2,20,21,22);1H. The number of morpholine rings is 1. The molecule has 1 unspecified atom stereocenters. The molecule has 0 saturated carbocycles. The van der Waals surface area contributed by atoms with Gasteiger partial charge in [0.2, 0.25) is 0 Å². The molecule has 0 radical (unpaired) electrons. The van der Waals surface area contributed by atoms with E-state index in [1.165, 1.54) is 4.90 Å². The molecule has 7 heteroatoms. The van der Waals surface area contributed by atoms with Crippen LogP contribution in [-0.4, -0.2) is 69.1 Å². The number of rotatable bonds is 8. The maximum Gasteiger partial charge on any atom is 0.191 e. The molecular weight excluding hydrogens is 459 g/mol. The third-order valence-electron chi connectivity index (χ3n) is 4.39. The molecule has 0 aromatic heterocycles. The maximum absolute atomic E-state index is 5.48. The minimum atomic E-state index is 0. The largest absolute Gasteiger partial charge is 0.379 e. The Labute approximate surface area is 179 Å². The monoisotopic (exact) mass is 492 g/mol. The Bertz CT molecular complexity index is 510. The molecule has 0 spiro atoms. The van der Waals surface area contributed by atoms with Crippen LogP contribution in [0.15, 0.2) is 40.2 Å². The predicted molar refractivity (Wildman–Crippen MR) is 123 cm³/mol. The molecular formula is C19H33IN4OS. The van der Waals surface area contributed by atoms with E-state index in [1.807, 2.05) is 24.9 Å². The second-order valence-corrected chi connectivity index (χ2v) is 7.67. The Kier molecular flexibility index (Phi) is 12.3. The summed E-state index contributed by atoms with van der Waals surface area (Å²) in [5.74, 6) is 2.49. The minimum absolute atomic E-state index is 0. The van der Waals surface area contributed by atoms with E-state index in [9.17, 15) is 0 Å². The highest BCUT2D eigenvalue weighted by Gasteiger charge is 2.23. The molecule has 0 amide bonds. The van der Waals surface area contributed by atoms with Gasteiger partial charge in [-0.1, -0.05) is 32.0 Å². The second-order valence-electron chi connectivity index (χ2n) is 6.50. The number of halogens is 1. The number of thioether (sulfide) groups is 1. The van der Waals surface area contributed by atoms with Crippen LogP contribution in [0.2, 0.25) is 0 Å². The van der Waals surface area contributed by atoms with E-state index in [-0.39, 0.29) is 24.0 Å². The van der Waals surface area contributed by atoms with Crippen LogP contribution in [0.4, 0.5) is 0 Å². The minimum Gasteiger partial charge on any atom is -0.379 e. The van der Waals surface area contributed by atoms with Crippen molar-refractivity contribution in [2.75, 3.05) is 52.2 Å². The van der Waals surface area contributed by atoms with E-state index in [2.05, 4.69) is 58.6 Å². The molecule has 1 aliphatic rings. The maximum atomic E-state index is 5.48. The van der Waals surface area contributed by atoms with E-state index in [4.69, 9.17) is 4.74 Å². The fourth-order valence-electron chi connectivity index (χ4n) is 2.97. The van der Waals surface area contributed by atoms with Gasteiger partial charge < -0.3 is 15.4 Å². The van der Waals surface area contributed by atoms with Gasteiger partial charge in [0, 0.05) is 49.9 Å². The van der Waals surface area contributed by atoms with Crippen LogP contribution in [0.5, 0.6) is 0 Å². The van der Waals surface area contributed by atoms with Gasteiger partial charge in [-0.3, -0.25) is 9.89 Å². The topological polar surface area (TPSA) is 48.9 Å². The number of ether oxygens (including phenoxy) is 1. The third kappa shape index (κ3) is 8.45. The lowest BCUT2D eigenvalue weighted by Crippen LogP contribution is -2.52. The average Bonchev–Trinajstić information content (AvgIpc) is 2.65. The van der Waals surface area contributed by atoms with E-state index in [0.717, 1.165) is 51.1 Å². The summed E-state index contributed by atoms with van der Waals surface area (Å²) >= 11 is 1.86. The van der Waals surface area contributed by atoms with Gasteiger partial charge in [-0.25, -0.2) is 0 Å². The summed E-state index contributed by atoms with van der Waals surface area (Å²) in [5.41, 5.74) is 0. The number of hydrogen-bond donors (Lipinski definition) is 2. The lowest BCUT2D eigenvalue weighted by atomic mass is 10.0. The molecule has 0 bridgehead atoms. The Morgan fingerprint density at radius 3 is 2.50 bits per heavy atom. The zero-order valence-corrected chi connectivity index (χ0v) is 19.3. The number of nitrogens with zero attached hydrogens (tertiary/aromatic N) is 2. The smallest absolute Gasteiger partial charge is 0.191 e. The van der Waals surface area contributed by atoms with Crippen molar-refractivity contribution in [3.63, 3.8) is 0 Å². The van der Waals surface area contributed by atoms with Crippen molar-refractivity contribution in [3.8, 4) is 0 Å². The van der Waals surface area contributed by atoms with Gasteiger partial charge in [-0.05, 0) is 18.1 Å². The van der Waals surface area contributed by atoms with Crippen LogP contribution in [0.25, 0.3) is 0 Å². The van der Waals surface area contributed by atoms with Gasteiger partial charge in [0.15, 0.2) is 5.96 Å². The van der Waals surface area contributed by atoms with Gasteiger partial charge in [0.05, 0.1) is 13.2 Å². The van der Waals surface area contributed by atoms with Gasteiger partial charge >= 0.3 is 0 Å². The average molecular weight is 492 g/mol. The van der Waals surface area contributed by atoms with Crippen LogP contribution in [0.3, 0.4) is 0 Å². The number of aliphatic imine (C=N–C) groups is 1. The summed E-state index contributed by atoms with van der Waals surface area (Å²) in [6.07, 6.45) is 0. The fraction of sp³-hybridized carbons (Fsp3) is 0.632. The first-order valence-electron chi connectivity index (χ1n) is 9.15. The first-order chi connectivity index (χ1) is 12.2. The fourth-order valence-corrected chi connectivity index (χ4v) is 3.76.